The first-order chi connectivity index (χ1) is 13.4. The molecule has 6 nitrogen and oxygen atoms in total. The molecule has 3 rings (SSSR count). The van der Waals surface area contributed by atoms with Gasteiger partial charge in [-0.05, 0) is 55.2 Å². The highest BCUT2D eigenvalue weighted by Crippen LogP contribution is 2.28. The fraction of sp³-hybridized carbons (Fsp3) is 0.333. The first kappa shape index (κ1) is 20.1. The average molecular weight is 396 g/mol. The summed E-state index contributed by atoms with van der Waals surface area (Å²) in [6, 6.07) is 12.0. The number of thioether (sulfide) groups is 1. The predicted octanol–water partition coefficient (Wildman–Crippen LogP) is 3.81. The third-order valence-corrected chi connectivity index (χ3v) is 4.96. The van der Waals surface area contributed by atoms with Gasteiger partial charge in [0.05, 0.1) is 11.4 Å². The fourth-order valence-corrected chi connectivity index (χ4v) is 3.62. The molecule has 0 bridgehead atoms. The molecule has 0 aliphatic heterocycles. The molecule has 0 fully saturated rings. The van der Waals surface area contributed by atoms with Crippen LogP contribution in [0.15, 0.2) is 47.8 Å². The second kappa shape index (κ2) is 9.01. The zero-order valence-electron chi connectivity index (χ0n) is 16.6. The van der Waals surface area contributed by atoms with Crippen molar-refractivity contribution in [1.29, 1.82) is 0 Å². The number of hydrogen-bond acceptors (Lipinski definition) is 5. The molecule has 0 saturated carbocycles. The number of carbonyl (C=O) groups is 1. The number of nitrogens with zero attached hydrogens (tertiary/aromatic N) is 4. The lowest BCUT2D eigenvalue weighted by Crippen LogP contribution is -2.28. The van der Waals surface area contributed by atoms with Crippen LogP contribution < -0.4 is 5.32 Å². The van der Waals surface area contributed by atoms with Crippen molar-refractivity contribution in [3.63, 3.8) is 0 Å². The summed E-state index contributed by atoms with van der Waals surface area (Å²) in [4.78, 5) is 16.6. The molecule has 0 radical (unpaired) electrons. The van der Waals surface area contributed by atoms with Gasteiger partial charge in [0.15, 0.2) is 11.0 Å². The van der Waals surface area contributed by atoms with Crippen LogP contribution in [-0.4, -0.2) is 38.0 Å². The lowest BCUT2D eigenvalue weighted by molar-refractivity contribution is -0.118. The molecule has 1 aromatic carbocycles. The number of nitrogens with one attached hydrogen (secondary N) is 1. The van der Waals surface area contributed by atoms with Gasteiger partial charge in [0.2, 0.25) is 5.91 Å². The van der Waals surface area contributed by atoms with E-state index < -0.39 is 0 Å². The number of benzene rings is 1. The Morgan fingerprint density at radius 2 is 1.89 bits per heavy atom. The van der Waals surface area contributed by atoms with Crippen LogP contribution in [0.25, 0.3) is 17.2 Å². The van der Waals surface area contributed by atoms with Crippen LogP contribution in [0.3, 0.4) is 0 Å². The number of aryl methyl sites for hydroxylation is 2. The third kappa shape index (κ3) is 4.98. The maximum atomic E-state index is 12.2. The number of carbonyl (C=O) groups excluding carboxylic acids is 1. The van der Waals surface area contributed by atoms with E-state index in [4.69, 9.17) is 0 Å². The van der Waals surface area contributed by atoms with Crippen LogP contribution in [0.1, 0.15) is 25.0 Å². The Hall–Kier alpha value is -2.67. The van der Waals surface area contributed by atoms with E-state index in [1.165, 1.54) is 11.8 Å². The van der Waals surface area contributed by atoms with Crippen molar-refractivity contribution in [2.24, 2.45) is 5.92 Å². The lowest BCUT2D eigenvalue weighted by atomic mass is 10.1. The van der Waals surface area contributed by atoms with Gasteiger partial charge >= 0.3 is 0 Å². The molecular weight excluding hydrogens is 370 g/mol. The molecule has 28 heavy (non-hydrogen) atoms. The van der Waals surface area contributed by atoms with Crippen LogP contribution in [-0.2, 0) is 4.79 Å². The minimum Gasteiger partial charge on any atom is -0.355 e. The van der Waals surface area contributed by atoms with Crippen LogP contribution in [0, 0.1) is 19.8 Å². The zero-order valence-corrected chi connectivity index (χ0v) is 17.5. The van der Waals surface area contributed by atoms with Gasteiger partial charge in [-0.3, -0.25) is 14.3 Å². The van der Waals surface area contributed by atoms with Gasteiger partial charge in [0.1, 0.15) is 5.69 Å². The highest BCUT2D eigenvalue weighted by molar-refractivity contribution is 7.99. The Labute approximate surface area is 169 Å². The topological polar surface area (TPSA) is 72.7 Å². The first-order valence-electron chi connectivity index (χ1n) is 9.29. The zero-order chi connectivity index (χ0) is 20.1. The van der Waals surface area contributed by atoms with Gasteiger partial charge in [-0.15, -0.1) is 10.2 Å². The molecular formula is C21H25N5OS. The summed E-state index contributed by atoms with van der Waals surface area (Å²) in [5.74, 6) is 1.37. The minimum atomic E-state index is -0.00643. The Morgan fingerprint density at radius 3 is 2.54 bits per heavy atom. The second-order valence-electron chi connectivity index (χ2n) is 7.19. The van der Waals surface area contributed by atoms with Gasteiger partial charge in [-0.2, -0.15) is 0 Å². The standard InChI is InChI=1S/C21H25N5OS/c1-14(2)12-23-19(27)13-28-21-25-24-20(18-7-5-6-8-22-18)26(21)17-10-15(3)9-16(4)11-17/h5-11,14H,12-13H2,1-4H3,(H,23,27). The molecule has 1 N–H and O–H groups in total. The maximum Gasteiger partial charge on any atom is 0.230 e. The van der Waals surface area contributed by atoms with E-state index in [9.17, 15) is 4.79 Å². The molecule has 1 amide bonds. The van der Waals surface area contributed by atoms with E-state index in [0.717, 1.165) is 22.5 Å². The van der Waals surface area contributed by atoms with E-state index in [1.807, 2.05) is 22.8 Å². The van der Waals surface area contributed by atoms with Crippen molar-refractivity contribution in [2.75, 3.05) is 12.3 Å². The van der Waals surface area contributed by atoms with Crippen molar-refractivity contribution < 1.29 is 4.79 Å². The van der Waals surface area contributed by atoms with E-state index >= 15 is 0 Å². The normalized spacial score (nSPS) is 11.0. The van der Waals surface area contributed by atoms with Crippen LogP contribution in [0.5, 0.6) is 0 Å². The molecule has 3 aromatic rings. The summed E-state index contributed by atoms with van der Waals surface area (Å²) >= 11 is 1.38. The highest BCUT2D eigenvalue weighted by Gasteiger charge is 2.18. The smallest absolute Gasteiger partial charge is 0.230 e. The Balaban J connectivity index is 1.94. The van der Waals surface area contributed by atoms with Crippen molar-refractivity contribution in [2.45, 2.75) is 32.9 Å². The van der Waals surface area contributed by atoms with Gasteiger partial charge in [0, 0.05) is 12.7 Å². The van der Waals surface area contributed by atoms with Gasteiger partial charge in [0.25, 0.3) is 0 Å². The van der Waals surface area contributed by atoms with Crippen molar-refractivity contribution in [1.82, 2.24) is 25.1 Å². The van der Waals surface area contributed by atoms with Crippen LogP contribution in [0.4, 0.5) is 0 Å². The Bertz CT molecular complexity index is 932. The molecule has 146 valence electrons. The predicted molar refractivity (Wildman–Crippen MR) is 113 cm³/mol. The molecule has 0 aliphatic rings. The van der Waals surface area contributed by atoms with Gasteiger partial charge in [-0.1, -0.05) is 37.7 Å². The molecule has 0 aliphatic carbocycles. The largest absolute Gasteiger partial charge is 0.355 e. The molecule has 0 saturated heterocycles. The number of aromatic nitrogens is 4. The SMILES string of the molecule is Cc1cc(C)cc(-n2c(SCC(=O)NCC(C)C)nnc2-c2ccccn2)c1. The molecule has 0 atom stereocenters. The molecule has 2 heterocycles. The highest BCUT2D eigenvalue weighted by atomic mass is 32.2. The molecule has 2 aromatic heterocycles. The van der Waals surface area contributed by atoms with Crippen molar-refractivity contribution >= 4 is 17.7 Å². The summed E-state index contributed by atoms with van der Waals surface area (Å²) in [5.41, 5.74) is 4.01. The Kier molecular flexibility index (Phi) is 6.46. The Morgan fingerprint density at radius 1 is 1.14 bits per heavy atom. The van der Waals surface area contributed by atoms with Crippen LogP contribution >= 0.6 is 11.8 Å². The maximum absolute atomic E-state index is 12.2. The minimum absolute atomic E-state index is 0.00643. The summed E-state index contributed by atoms with van der Waals surface area (Å²) in [5, 5.41) is 12.3. The number of amides is 1. The molecule has 0 spiro atoms. The lowest BCUT2D eigenvalue weighted by Gasteiger charge is -2.12. The quantitative estimate of drug-likeness (QED) is 0.616. The summed E-state index contributed by atoms with van der Waals surface area (Å²) < 4.78 is 1.97. The van der Waals surface area contributed by atoms with Crippen molar-refractivity contribution in [3.8, 4) is 17.2 Å². The number of hydrogen-bond donors (Lipinski definition) is 1. The van der Waals surface area contributed by atoms with Gasteiger partial charge in [-0.25, -0.2) is 0 Å². The molecule has 7 heteroatoms. The third-order valence-electron chi connectivity index (χ3n) is 4.03. The van der Waals surface area contributed by atoms with Gasteiger partial charge < -0.3 is 5.32 Å². The first-order valence-corrected chi connectivity index (χ1v) is 10.3. The number of pyridine rings is 1. The molecule has 0 unspecified atom stereocenters. The summed E-state index contributed by atoms with van der Waals surface area (Å²) in [7, 11) is 0. The van der Waals surface area contributed by atoms with E-state index in [0.29, 0.717) is 23.4 Å². The van der Waals surface area contributed by atoms with E-state index in [1.54, 1.807) is 6.20 Å². The second-order valence-corrected chi connectivity index (χ2v) is 8.13. The van der Waals surface area contributed by atoms with Crippen molar-refractivity contribution in [3.05, 3.63) is 53.7 Å². The average Bonchev–Trinajstić information content (AvgIpc) is 3.08. The summed E-state index contributed by atoms with van der Waals surface area (Å²) in [6.07, 6.45) is 1.74. The fourth-order valence-electron chi connectivity index (χ4n) is 2.84. The van der Waals surface area contributed by atoms with Crippen LogP contribution in [0.2, 0.25) is 0 Å². The summed E-state index contributed by atoms with van der Waals surface area (Å²) in [6.45, 7) is 8.94. The van der Waals surface area contributed by atoms with E-state index in [2.05, 4.69) is 66.4 Å². The van der Waals surface area contributed by atoms with E-state index in [-0.39, 0.29) is 11.7 Å². The monoisotopic (exact) mass is 395 g/mol. The number of rotatable bonds is 7.